The Balaban J connectivity index is 1.07. The molecule has 2 atom stereocenters. The van der Waals surface area contributed by atoms with Gasteiger partial charge in [-0.05, 0) is 91.1 Å². The number of fused-ring (bicyclic) bond motifs is 3. The number of nitrogens with zero attached hydrogens (tertiary/aromatic N) is 7. The zero-order valence-corrected chi connectivity index (χ0v) is 32.7. The van der Waals surface area contributed by atoms with Gasteiger partial charge >= 0.3 is 0 Å². The molecular weight excluding hydrogens is 722 g/mol. The molecule has 0 bridgehead atoms. The summed E-state index contributed by atoms with van der Waals surface area (Å²) in [4.78, 5) is 45.2. The third-order valence-electron chi connectivity index (χ3n) is 12.4. The lowest BCUT2D eigenvalue weighted by atomic mass is 9.92. The van der Waals surface area contributed by atoms with Crippen molar-refractivity contribution in [1.82, 2.24) is 24.3 Å². The molecule has 2 aromatic heterocycles. The summed E-state index contributed by atoms with van der Waals surface area (Å²) in [7, 11) is 3.84. The van der Waals surface area contributed by atoms with E-state index < -0.39 is 5.82 Å². The minimum absolute atomic E-state index is 0.0853. The molecule has 2 amide bonds. The first-order valence-electron chi connectivity index (χ1n) is 19.8. The van der Waals surface area contributed by atoms with Crippen molar-refractivity contribution in [2.75, 3.05) is 69.3 Å². The number of piperazine rings is 1. The second-order valence-electron chi connectivity index (χ2n) is 15.9. The first-order chi connectivity index (χ1) is 27.6. The van der Waals surface area contributed by atoms with E-state index in [4.69, 9.17) is 9.72 Å². The summed E-state index contributed by atoms with van der Waals surface area (Å²) >= 11 is 0. The number of hydrogen-bond acceptors (Lipinski definition) is 8. The molecule has 57 heavy (non-hydrogen) atoms. The molecule has 0 saturated carbocycles. The van der Waals surface area contributed by atoms with Crippen LogP contribution in [-0.2, 0) is 31.2 Å². The number of hydrogen-bond donors (Lipinski definition) is 1. The largest absolute Gasteiger partial charge is 0.508 e. The first-order valence-corrected chi connectivity index (χ1v) is 19.8. The molecule has 9 rings (SSSR count). The summed E-state index contributed by atoms with van der Waals surface area (Å²) in [6, 6.07) is 23.2. The lowest BCUT2D eigenvalue weighted by Gasteiger charge is -2.46. The molecule has 4 aliphatic heterocycles. The number of anilines is 3. The van der Waals surface area contributed by atoms with Gasteiger partial charge in [-0.2, -0.15) is 0 Å². The number of carbonyl (C=O) groups excluding carboxylic acids is 2. The van der Waals surface area contributed by atoms with Gasteiger partial charge in [0.2, 0.25) is 0 Å². The summed E-state index contributed by atoms with van der Waals surface area (Å²) in [6.07, 6.45) is 3.23. The molecule has 6 heterocycles. The molecular formula is C45H48FN7O4. The molecule has 0 spiro atoms. The normalized spacial score (nSPS) is 19.6. The smallest absolute Gasteiger partial charge is 0.264 e. The van der Waals surface area contributed by atoms with Gasteiger partial charge in [-0.15, -0.1) is 0 Å². The number of ether oxygens (including phenoxy) is 1. The molecule has 2 saturated heterocycles. The van der Waals surface area contributed by atoms with E-state index in [9.17, 15) is 14.7 Å². The lowest BCUT2D eigenvalue weighted by Crippen LogP contribution is -2.60. The average molecular weight is 770 g/mol. The highest BCUT2D eigenvalue weighted by Crippen LogP contribution is 2.37. The number of halogens is 1. The third kappa shape index (κ3) is 6.96. The van der Waals surface area contributed by atoms with Gasteiger partial charge in [0.05, 0.1) is 30.7 Å². The molecule has 5 aromatic rings. The number of aromatic hydroxyl groups is 1. The minimum Gasteiger partial charge on any atom is -0.508 e. The summed E-state index contributed by atoms with van der Waals surface area (Å²) < 4.78 is 23.0. The van der Waals surface area contributed by atoms with Crippen LogP contribution < -0.4 is 9.80 Å². The van der Waals surface area contributed by atoms with Crippen LogP contribution in [0.15, 0.2) is 85.1 Å². The molecule has 11 nitrogen and oxygen atoms in total. The topological polar surface area (TPSA) is 97.6 Å². The fraction of sp³-hybridized carbons (Fsp3) is 0.356. The van der Waals surface area contributed by atoms with Crippen LogP contribution >= 0.6 is 0 Å². The van der Waals surface area contributed by atoms with Crippen LogP contribution in [0.3, 0.4) is 0 Å². The molecule has 2 fully saturated rings. The Morgan fingerprint density at radius 3 is 2.54 bits per heavy atom. The highest BCUT2D eigenvalue weighted by molar-refractivity contribution is 6.12. The number of amides is 2. The monoisotopic (exact) mass is 769 g/mol. The van der Waals surface area contributed by atoms with Crippen molar-refractivity contribution in [2.45, 2.75) is 38.4 Å². The maximum absolute atomic E-state index is 15.3. The van der Waals surface area contributed by atoms with Crippen molar-refractivity contribution in [1.29, 1.82) is 0 Å². The van der Waals surface area contributed by atoms with E-state index in [0.29, 0.717) is 52.0 Å². The predicted octanol–water partition coefficient (Wildman–Crippen LogP) is 5.79. The Morgan fingerprint density at radius 2 is 1.72 bits per heavy atom. The highest BCUT2D eigenvalue weighted by atomic mass is 19.1. The minimum atomic E-state index is -0.471. The van der Waals surface area contributed by atoms with Crippen LogP contribution in [0, 0.1) is 12.7 Å². The van der Waals surface area contributed by atoms with Gasteiger partial charge in [0.1, 0.15) is 17.4 Å². The van der Waals surface area contributed by atoms with Crippen molar-refractivity contribution < 1.29 is 23.8 Å². The quantitative estimate of drug-likeness (QED) is 0.222. The molecule has 0 aliphatic carbocycles. The van der Waals surface area contributed by atoms with Crippen LogP contribution in [0.4, 0.5) is 21.6 Å². The van der Waals surface area contributed by atoms with Gasteiger partial charge in [-0.25, -0.2) is 9.37 Å². The summed E-state index contributed by atoms with van der Waals surface area (Å²) in [5.41, 5.74) is 6.98. The van der Waals surface area contributed by atoms with Crippen LogP contribution in [-0.4, -0.2) is 113 Å². The summed E-state index contributed by atoms with van der Waals surface area (Å²) in [5.74, 6) is 0.0203. The molecule has 3 aromatic carbocycles. The second-order valence-corrected chi connectivity index (χ2v) is 15.9. The van der Waals surface area contributed by atoms with Crippen LogP contribution in [0.2, 0.25) is 0 Å². The number of morpholine rings is 1. The molecule has 1 N–H and O–H groups in total. The SMILES string of the molecule is Cc1c(C(=O)N(c2ccc(O)cc2)c2cnc3c(c2)CCN3C)cc(-c2cc(F)ccc2C(=O)N2Cc3ccccc3C[C@H]2CN2CCN3CCOC[C@H]3C2)n1C. The van der Waals surface area contributed by atoms with E-state index in [1.165, 1.54) is 17.7 Å². The maximum atomic E-state index is 15.3. The molecule has 294 valence electrons. The second kappa shape index (κ2) is 15.1. The Kier molecular flexibility index (Phi) is 9.80. The van der Waals surface area contributed by atoms with E-state index in [2.05, 4.69) is 32.9 Å². The van der Waals surface area contributed by atoms with E-state index in [1.807, 2.05) is 42.6 Å². The van der Waals surface area contributed by atoms with Gasteiger partial charge in [-0.3, -0.25) is 24.3 Å². The van der Waals surface area contributed by atoms with Crippen LogP contribution in [0.1, 0.15) is 43.1 Å². The van der Waals surface area contributed by atoms with Crippen LogP contribution in [0.25, 0.3) is 11.3 Å². The Labute approximate surface area is 332 Å². The van der Waals surface area contributed by atoms with E-state index in [-0.39, 0.29) is 23.6 Å². The Bertz CT molecular complexity index is 2340. The number of likely N-dealkylation sites (N-methyl/N-ethyl adjacent to an activating group) is 1. The van der Waals surface area contributed by atoms with Gasteiger partial charge < -0.3 is 24.2 Å². The van der Waals surface area contributed by atoms with Gasteiger partial charge in [0.15, 0.2) is 0 Å². The number of phenolic OH excluding ortho intramolecular Hbond substituents is 1. The average Bonchev–Trinajstić information content (AvgIpc) is 3.75. The predicted molar refractivity (Wildman–Crippen MR) is 218 cm³/mol. The van der Waals surface area contributed by atoms with Crippen molar-refractivity contribution >= 4 is 29.0 Å². The van der Waals surface area contributed by atoms with Crippen molar-refractivity contribution in [3.8, 4) is 17.0 Å². The van der Waals surface area contributed by atoms with E-state index in [1.54, 1.807) is 47.5 Å². The lowest BCUT2D eigenvalue weighted by molar-refractivity contribution is -0.0485. The van der Waals surface area contributed by atoms with Crippen molar-refractivity contribution in [3.05, 3.63) is 124 Å². The molecule has 0 radical (unpaired) electrons. The fourth-order valence-electron chi connectivity index (χ4n) is 9.15. The zero-order chi connectivity index (χ0) is 39.4. The first kappa shape index (κ1) is 37.0. The van der Waals surface area contributed by atoms with Gasteiger partial charge in [-0.1, -0.05) is 24.3 Å². The number of aromatic nitrogens is 2. The Morgan fingerprint density at radius 1 is 0.912 bits per heavy atom. The number of pyridine rings is 1. The van der Waals surface area contributed by atoms with Gasteiger partial charge in [0.25, 0.3) is 11.8 Å². The zero-order valence-electron chi connectivity index (χ0n) is 32.7. The third-order valence-corrected chi connectivity index (χ3v) is 12.4. The standard InChI is InChI=1S/C45H48FN7O4/c1-29-40(45(56)53(34-9-11-38(54)12-10-34)35-21-31-14-15-48(2)43(31)47-24-35)23-42(49(29)3)41-22-33(46)8-13-39(41)44(55)52-25-32-7-5-4-6-30(32)20-36(52)26-50-16-17-51-18-19-57-28-37(51)27-50/h4-13,21-24,36-37,54H,14-20,25-28H2,1-3H3/t36-,37+/m0/s1. The molecule has 12 heteroatoms. The maximum Gasteiger partial charge on any atom is 0.264 e. The number of phenols is 1. The molecule has 0 unspecified atom stereocenters. The number of benzene rings is 3. The number of carbonyl (C=O) groups is 2. The summed E-state index contributed by atoms with van der Waals surface area (Å²) in [5, 5.41) is 10.1. The number of rotatable bonds is 7. The Hall–Kier alpha value is -5.56. The van der Waals surface area contributed by atoms with Crippen molar-refractivity contribution in [2.24, 2.45) is 7.05 Å². The van der Waals surface area contributed by atoms with E-state index in [0.717, 1.165) is 82.3 Å². The fourth-order valence-corrected chi connectivity index (χ4v) is 9.15. The summed E-state index contributed by atoms with van der Waals surface area (Å²) in [6.45, 7) is 9.12. The van der Waals surface area contributed by atoms with Crippen LogP contribution in [0.5, 0.6) is 5.75 Å². The van der Waals surface area contributed by atoms with Gasteiger partial charge in [0, 0.05) is 100 Å². The van der Waals surface area contributed by atoms with Crippen molar-refractivity contribution in [3.63, 3.8) is 0 Å². The molecule has 4 aliphatic rings. The highest BCUT2D eigenvalue weighted by Gasteiger charge is 2.36. The van der Waals surface area contributed by atoms with E-state index >= 15 is 4.39 Å².